The summed E-state index contributed by atoms with van der Waals surface area (Å²) in [6, 6.07) is 2.10. The average Bonchev–Trinajstić information content (AvgIpc) is 2.94. The zero-order valence-electron chi connectivity index (χ0n) is 8.84. The Labute approximate surface area is 108 Å². The normalized spacial score (nSPS) is 11.7. The van der Waals surface area contributed by atoms with Gasteiger partial charge in [-0.1, -0.05) is 12.7 Å². The second-order valence-corrected chi connectivity index (χ2v) is 5.40. The van der Waals surface area contributed by atoms with Crippen molar-refractivity contribution in [3.63, 3.8) is 0 Å². The van der Waals surface area contributed by atoms with E-state index in [0.717, 1.165) is 11.3 Å². The lowest BCUT2D eigenvalue weighted by atomic mass is 10.1. The first-order valence-electron chi connectivity index (χ1n) is 4.68. The lowest BCUT2D eigenvalue weighted by molar-refractivity contribution is 1.41. The second-order valence-electron chi connectivity index (χ2n) is 3.06. The number of thiophene rings is 1. The van der Waals surface area contributed by atoms with Crippen molar-refractivity contribution >= 4 is 40.0 Å². The van der Waals surface area contributed by atoms with Gasteiger partial charge in [-0.25, -0.2) is 4.98 Å². The second kappa shape index (κ2) is 5.48. The Morgan fingerprint density at radius 2 is 2.44 bits per heavy atom. The van der Waals surface area contributed by atoms with E-state index in [-0.39, 0.29) is 0 Å². The fraction of sp³-hybridized carbons (Fsp3) is 0.0833. The first kappa shape index (κ1) is 11.6. The molecule has 0 aliphatic carbocycles. The van der Waals surface area contributed by atoms with Gasteiger partial charge in [-0.3, -0.25) is 0 Å². The Bertz CT molecular complexity index is 494. The maximum Gasteiger partial charge on any atom is 0.0898 e. The van der Waals surface area contributed by atoms with Gasteiger partial charge in [0.05, 0.1) is 16.1 Å². The molecule has 0 spiro atoms. The summed E-state index contributed by atoms with van der Waals surface area (Å²) in [6.45, 7) is 3.86. The number of thioether (sulfide) groups is 1. The number of hydrogen-bond acceptors (Lipinski definition) is 4. The Balaban J connectivity index is 2.47. The molecular weight excluding hydrogens is 254 g/mol. The van der Waals surface area contributed by atoms with Crippen LogP contribution in [0, 0.1) is 0 Å². The van der Waals surface area contributed by atoms with Crippen molar-refractivity contribution in [2.24, 2.45) is 0 Å². The SMILES string of the molecule is C=C/C(=C\SC)c1scnc1-c1ccsc1. The van der Waals surface area contributed by atoms with Gasteiger partial charge < -0.3 is 0 Å². The van der Waals surface area contributed by atoms with Gasteiger partial charge >= 0.3 is 0 Å². The maximum absolute atomic E-state index is 4.44. The van der Waals surface area contributed by atoms with Crippen molar-refractivity contribution in [2.75, 3.05) is 6.26 Å². The molecule has 82 valence electrons. The largest absolute Gasteiger partial charge is 0.244 e. The fourth-order valence-corrected chi connectivity index (χ4v) is 3.38. The van der Waals surface area contributed by atoms with E-state index in [0.29, 0.717) is 0 Å². The molecule has 0 unspecified atom stereocenters. The van der Waals surface area contributed by atoms with Crippen LogP contribution in [0.1, 0.15) is 4.88 Å². The molecular formula is C12H11NS3. The van der Waals surface area contributed by atoms with Crippen LogP contribution in [-0.4, -0.2) is 11.2 Å². The molecule has 0 aliphatic rings. The number of aromatic nitrogens is 1. The molecule has 0 atom stereocenters. The van der Waals surface area contributed by atoms with Crippen LogP contribution in [-0.2, 0) is 0 Å². The first-order valence-corrected chi connectivity index (χ1v) is 7.79. The van der Waals surface area contributed by atoms with Crippen LogP contribution in [0.15, 0.2) is 40.4 Å². The Kier molecular flexibility index (Phi) is 3.98. The summed E-state index contributed by atoms with van der Waals surface area (Å²) in [5.74, 6) is 0. The molecule has 2 heterocycles. The van der Waals surface area contributed by atoms with E-state index in [1.54, 1.807) is 34.4 Å². The third-order valence-electron chi connectivity index (χ3n) is 2.09. The van der Waals surface area contributed by atoms with Crippen LogP contribution in [0.3, 0.4) is 0 Å². The van der Waals surface area contributed by atoms with E-state index in [1.165, 1.54) is 10.4 Å². The van der Waals surface area contributed by atoms with Gasteiger partial charge in [-0.15, -0.1) is 23.1 Å². The topological polar surface area (TPSA) is 12.9 Å². The number of hydrogen-bond donors (Lipinski definition) is 0. The molecule has 0 bridgehead atoms. The quantitative estimate of drug-likeness (QED) is 0.739. The van der Waals surface area contributed by atoms with Crippen LogP contribution in [0.5, 0.6) is 0 Å². The number of thiazole rings is 1. The van der Waals surface area contributed by atoms with Gasteiger partial charge in [0.25, 0.3) is 0 Å². The van der Waals surface area contributed by atoms with Crippen molar-refractivity contribution in [3.05, 3.63) is 45.3 Å². The van der Waals surface area contributed by atoms with Crippen molar-refractivity contribution in [2.45, 2.75) is 0 Å². The minimum atomic E-state index is 1.06. The predicted molar refractivity (Wildman–Crippen MR) is 77.1 cm³/mol. The molecule has 4 heteroatoms. The molecule has 0 radical (unpaired) electrons. The minimum Gasteiger partial charge on any atom is -0.244 e. The van der Waals surface area contributed by atoms with Crippen LogP contribution in [0.4, 0.5) is 0 Å². The van der Waals surface area contributed by atoms with Crippen LogP contribution >= 0.6 is 34.4 Å². The Hall–Kier alpha value is -0.840. The average molecular weight is 265 g/mol. The van der Waals surface area contributed by atoms with Crippen molar-refractivity contribution in [1.29, 1.82) is 0 Å². The van der Waals surface area contributed by atoms with E-state index in [4.69, 9.17) is 0 Å². The van der Waals surface area contributed by atoms with Crippen LogP contribution < -0.4 is 0 Å². The highest BCUT2D eigenvalue weighted by Crippen LogP contribution is 2.33. The summed E-state index contributed by atoms with van der Waals surface area (Å²) in [7, 11) is 0. The van der Waals surface area contributed by atoms with Crippen LogP contribution in [0.2, 0.25) is 0 Å². The van der Waals surface area contributed by atoms with Crippen molar-refractivity contribution in [1.82, 2.24) is 4.98 Å². The summed E-state index contributed by atoms with van der Waals surface area (Å²) in [5.41, 5.74) is 5.29. The van der Waals surface area contributed by atoms with Gasteiger partial charge in [0.15, 0.2) is 0 Å². The predicted octanol–water partition coefficient (Wildman–Crippen LogP) is 4.76. The van der Waals surface area contributed by atoms with Crippen LogP contribution in [0.25, 0.3) is 16.8 Å². The van der Waals surface area contributed by atoms with Gasteiger partial charge in [0.2, 0.25) is 0 Å². The zero-order chi connectivity index (χ0) is 11.4. The van der Waals surface area contributed by atoms with Crippen molar-refractivity contribution in [3.8, 4) is 11.3 Å². The van der Waals surface area contributed by atoms with Gasteiger partial charge in [-0.05, 0) is 28.7 Å². The molecule has 0 saturated heterocycles. The summed E-state index contributed by atoms with van der Waals surface area (Å²) in [5, 5.41) is 6.30. The molecule has 0 N–H and O–H groups in total. The summed E-state index contributed by atoms with van der Waals surface area (Å²) >= 11 is 5.04. The van der Waals surface area contributed by atoms with Crippen molar-refractivity contribution < 1.29 is 0 Å². The summed E-state index contributed by atoms with van der Waals surface area (Å²) in [6.07, 6.45) is 3.94. The molecule has 0 amide bonds. The fourth-order valence-electron chi connectivity index (χ4n) is 1.38. The Morgan fingerprint density at radius 3 is 3.06 bits per heavy atom. The molecule has 0 aromatic carbocycles. The lowest BCUT2D eigenvalue weighted by Crippen LogP contribution is -1.81. The molecule has 16 heavy (non-hydrogen) atoms. The standard InChI is InChI=1S/C12H11NS3/c1-3-9(6-14-2)12-11(13-8-16-12)10-4-5-15-7-10/h3-8H,1H2,2H3/b9-6+. The zero-order valence-corrected chi connectivity index (χ0v) is 11.3. The number of allylic oxidation sites excluding steroid dienone is 2. The molecule has 2 aromatic rings. The van der Waals surface area contributed by atoms with E-state index >= 15 is 0 Å². The molecule has 2 rings (SSSR count). The first-order chi connectivity index (χ1) is 7.86. The highest BCUT2D eigenvalue weighted by Gasteiger charge is 2.11. The maximum atomic E-state index is 4.44. The highest BCUT2D eigenvalue weighted by molar-refractivity contribution is 8.01. The molecule has 0 aliphatic heterocycles. The van der Waals surface area contributed by atoms with Gasteiger partial charge in [0.1, 0.15) is 0 Å². The van der Waals surface area contributed by atoms with E-state index in [2.05, 4.69) is 40.1 Å². The minimum absolute atomic E-state index is 1.06. The third kappa shape index (κ3) is 2.29. The molecule has 2 aromatic heterocycles. The third-order valence-corrected chi connectivity index (χ3v) is 4.14. The van der Waals surface area contributed by atoms with E-state index in [1.807, 2.05) is 11.6 Å². The molecule has 0 saturated carbocycles. The monoisotopic (exact) mass is 265 g/mol. The summed E-state index contributed by atoms with van der Waals surface area (Å²) in [4.78, 5) is 5.63. The van der Waals surface area contributed by atoms with Gasteiger partial charge in [0, 0.05) is 10.9 Å². The number of nitrogens with zero attached hydrogens (tertiary/aromatic N) is 1. The number of rotatable bonds is 4. The summed E-state index contributed by atoms with van der Waals surface area (Å²) < 4.78 is 0. The lowest BCUT2D eigenvalue weighted by Gasteiger charge is -2.00. The highest BCUT2D eigenvalue weighted by atomic mass is 32.2. The Morgan fingerprint density at radius 1 is 1.56 bits per heavy atom. The smallest absolute Gasteiger partial charge is 0.0898 e. The molecule has 1 nitrogen and oxygen atoms in total. The van der Waals surface area contributed by atoms with E-state index < -0.39 is 0 Å². The van der Waals surface area contributed by atoms with Gasteiger partial charge in [-0.2, -0.15) is 11.3 Å². The van der Waals surface area contributed by atoms with E-state index in [9.17, 15) is 0 Å². The molecule has 0 fully saturated rings.